The van der Waals surface area contributed by atoms with Crippen molar-refractivity contribution in [2.45, 2.75) is 38.8 Å². The highest BCUT2D eigenvalue weighted by molar-refractivity contribution is 5.76. The SMILES string of the molecule is Cc1nccn1CCC(=O)N1CCC(c2cc(COc3ccc(F)cc3)[nH]n2)C1. The van der Waals surface area contributed by atoms with Crippen LogP contribution in [0, 0.1) is 12.7 Å². The second-order valence-electron chi connectivity index (χ2n) is 7.30. The average Bonchev–Trinajstić information content (AvgIpc) is 3.46. The van der Waals surface area contributed by atoms with Gasteiger partial charge in [-0.2, -0.15) is 5.10 Å². The van der Waals surface area contributed by atoms with E-state index >= 15 is 0 Å². The standard InChI is InChI=1S/C21H24FN5O2/c1-15-23-8-11-26(15)10-7-21(28)27-9-6-16(13-27)20-12-18(24-25-20)14-29-19-4-2-17(22)3-5-19/h2-5,8,11-12,16H,6-7,9-10,13-14H2,1H3,(H,24,25). The first-order chi connectivity index (χ1) is 14.1. The second kappa shape index (κ2) is 8.46. The Morgan fingerprint density at radius 2 is 2.17 bits per heavy atom. The number of H-pyrrole nitrogens is 1. The van der Waals surface area contributed by atoms with Crippen molar-refractivity contribution in [3.8, 4) is 5.75 Å². The first-order valence-corrected chi connectivity index (χ1v) is 9.76. The first kappa shape index (κ1) is 19.2. The van der Waals surface area contributed by atoms with Gasteiger partial charge in [-0.1, -0.05) is 0 Å². The van der Waals surface area contributed by atoms with Crippen molar-refractivity contribution in [2.75, 3.05) is 13.1 Å². The molecule has 1 aliphatic heterocycles. The number of carbonyl (C=O) groups excluding carboxylic acids is 1. The van der Waals surface area contributed by atoms with Crippen molar-refractivity contribution < 1.29 is 13.9 Å². The maximum atomic E-state index is 12.9. The summed E-state index contributed by atoms with van der Waals surface area (Å²) in [6.07, 6.45) is 5.02. The number of amides is 1. The van der Waals surface area contributed by atoms with Crippen LogP contribution in [-0.2, 0) is 17.9 Å². The molecule has 1 aliphatic rings. The first-order valence-electron chi connectivity index (χ1n) is 9.76. The largest absolute Gasteiger partial charge is 0.487 e. The number of halogens is 1. The zero-order chi connectivity index (χ0) is 20.2. The summed E-state index contributed by atoms with van der Waals surface area (Å²) in [5, 5.41) is 7.40. The number of hydrogen-bond donors (Lipinski definition) is 1. The Labute approximate surface area is 168 Å². The van der Waals surface area contributed by atoms with Crippen LogP contribution in [-0.4, -0.2) is 43.6 Å². The number of rotatable bonds is 7. The van der Waals surface area contributed by atoms with Crippen molar-refractivity contribution in [1.29, 1.82) is 0 Å². The van der Waals surface area contributed by atoms with Crippen LogP contribution in [0.2, 0.25) is 0 Å². The Hall–Kier alpha value is -3.16. The number of aromatic nitrogens is 4. The Kier molecular flexibility index (Phi) is 5.59. The third-order valence-electron chi connectivity index (χ3n) is 5.31. The predicted molar refractivity (Wildman–Crippen MR) is 105 cm³/mol. The molecule has 1 N–H and O–H groups in total. The van der Waals surface area contributed by atoms with Gasteiger partial charge in [0.25, 0.3) is 0 Å². The van der Waals surface area contributed by atoms with Crippen molar-refractivity contribution in [1.82, 2.24) is 24.6 Å². The molecule has 0 aliphatic carbocycles. The number of nitrogens with zero attached hydrogens (tertiary/aromatic N) is 4. The zero-order valence-corrected chi connectivity index (χ0v) is 16.3. The number of aryl methyl sites for hydroxylation is 2. The lowest BCUT2D eigenvalue weighted by Gasteiger charge is -2.16. The number of hydrogen-bond acceptors (Lipinski definition) is 4. The predicted octanol–water partition coefficient (Wildman–Crippen LogP) is 3.04. The lowest BCUT2D eigenvalue weighted by atomic mass is 10.1. The van der Waals surface area contributed by atoms with Gasteiger partial charge in [0.15, 0.2) is 0 Å². The van der Waals surface area contributed by atoms with E-state index in [9.17, 15) is 9.18 Å². The highest BCUT2D eigenvalue weighted by Gasteiger charge is 2.28. The molecule has 1 saturated heterocycles. The highest BCUT2D eigenvalue weighted by atomic mass is 19.1. The fourth-order valence-corrected chi connectivity index (χ4v) is 3.60. The van der Waals surface area contributed by atoms with Gasteiger partial charge in [0.2, 0.25) is 5.91 Å². The molecule has 1 unspecified atom stereocenters. The Morgan fingerprint density at radius 1 is 1.34 bits per heavy atom. The molecule has 0 saturated carbocycles. The van der Waals surface area contributed by atoms with Crippen LogP contribution < -0.4 is 4.74 Å². The molecule has 0 radical (unpaired) electrons. The van der Waals surface area contributed by atoms with E-state index in [-0.39, 0.29) is 17.6 Å². The van der Waals surface area contributed by atoms with Crippen LogP contribution in [0.1, 0.15) is 36.0 Å². The maximum absolute atomic E-state index is 12.9. The molecular weight excluding hydrogens is 373 g/mol. The van der Waals surface area contributed by atoms with Gasteiger partial charge in [-0.25, -0.2) is 9.37 Å². The quantitative estimate of drug-likeness (QED) is 0.665. The summed E-state index contributed by atoms with van der Waals surface area (Å²) >= 11 is 0. The monoisotopic (exact) mass is 397 g/mol. The van der Waals surface area contributed by atoms with E-state index < -0.39 is 0 Å². The summed E-state index contributed by atoms with van der Waals surface area (Å²) in [6, 6.07) is 7.91. The molecule has 152 valence electrons. The van der Waals surface area contributed by atoms with E-state index in [0.29, 0.717) is 31.9 Å². The van der Waals surface area contributed by atoms with Gasteiger partial charge in [0.1, 0.15) is 24.0 Å². The Morgan fingerprint density at radius 3 is 2.93 bits per heavy atom. The summed E-state index contributed by atoms with van der Waals surface area (Å²) in [5.74, 6) is 1.62. The molecule has 0 spiro atoms. The number of nitrogens with one attached hydrogen (secondary N) is 1. The molecule has 1 amide bonds. The molecule has 29 heavy (non-hydrogen) atoms. The maximum Gasteiger partial charge on any atom is 0.224 e. The Balaban J connectivity index is 1.27. The van der Waals surface area contributed by atoms with Crippen LogP contribution in [0.15, 0.2) is 42.7 Å². The van der Waals surface area contributed by atoms with Gasteiger partial charge in [-0.3, -0.25) is 9.89 Å². The molecule has 1 atom stereocenters. The number of benzene rings is 1. The minimum Gasteiger partial charge on any atom is -0.487 e. The van der Waals surface area contributed by atoms with Gasteiger partial charge >= 0.3 is 0 Å². The van der Waals surface area contributed by atoms with Gasteiger partial charge in [-0.05, 0) is 43.7 Å². The normalized spacial score (nSPS) is 16.3. The molecule has 3 aromatic rings. The van der Waals surface area contributed by atoms with E-state index in [1.54, 1.807) is 18.3 Å². The number of ether oxygens (including phenoxy) is 1. The number of carbonyl (C=O) groups is 1. The summed E-state index contributed by atoms with van der Waals surface area (Å²) < 4.78 is 20.6. The van der Waals surface area contributed by atoms with Crippen molar-refractivity contribution in [3.05, 3.63) is 65.8 Å². The van der Waals surface area contributed by atoms with Crippen molar-refractivity contribution in [2.24, 2.45) is 0 Å². The summed E-state index contributed by atoms with van der Waals surface area (Å²) in [7, 11) is 0. The van der Waals surface area contributed by atoms with Gasteiger partial charge in [-0.15, -0.1) is 0 Å². The summed E-state index contributed by atoms with van der Waals surface area (Å²) in [5.41, 5.74) is 1.80. The third kappa shape index (κ3) is 4.64. The van der Waals surface area contributed by atoms with Gasteiger partial charge < -0.3 is 14.2 Å². The molecule has 3 heterocycles. The van der Waals surface area contributed by atoms with E-state index in [2.05, 4.69) is 15.2 Å². The lowest BCUT2D eigenvalue weighted by molar-refractivity contribution is -0.130. The minimum absolute atomic E-state index is 0.163. The second-order valence-corrected chi connectivity index (χ2v) is 7.30. The van der Waals surface area contributed by atoms with Crippen LogP contribution in [0.25, 0.3) is 0 Å². The van der Waals surface area contributed by atoms with Crippen LogP contribution in [0.3, 0.4) is 0 Å². The molecule has 2 aromatic heterocycles. The lowest BCUT2D eigenvalue weighted by Crippen LogP contribution is -2.29. The molecule has 7 nitrogen and oxygen atoms in total. The molecule has 1 fully saturated rings. The fourth-order valence-electron chi connectivity index (χ4n) is 3.60. The Bertz CT molecular complexity index is 966. The van der Waals surface area contributed by atoms with Crippen LogP contribution in [0.5, 0.6) is 5.75 Å². The van der Waals surface area contributed by atoms with E-state index in [4.69, 9.17) is 4.74 Å². The minimum atomic E-state index is -0.290. The highest BCUT2D eigenvalue weighted by Crippen LogP contribution is 2.27. The van der Waals surface area contributed by atoms with E-state index in [1.807, 2.05) is 28.7 Å². The molecule has 4 rings (SSSR count). The van der Waals surface area contributed by atoms with Crippen molar-refractivity contribution >= 4 is 5.91 Å². The fraction of sp³-hybridized carbons (Fsp3) is 0.381. The molecule has 8 heteroatoms. The topological polar surface area (TPSA) is 76.0 Å². The third-order valence-corrected chi connectivity index (χ3v) is 5.31. The molecular formula is C21H24FN5O2. The summed E-state index contributed by atoms with van der Waals surface area (Å²) in [6.45, 7) is 4.36. The number of imidazole rings is 1. The summed E-state index contributed by atoms with van der Waals surface area (Å²) in [4.78, 5) is 18.6. The van der Waals surface area contributed by atoms with E-state index in [1.165, 1.54) is 12.1 Å². The number of likely N-dealkylation sites (tertiary alicyclic amines) is 1. The zero-order valence-electron chi connectivity index (χ0n) is 16.3. The molecule has 0 bridgehead atoms. The number of aromatic amines is 1. The van der Waals surface area contributed by atoms with Crippen molar-refractivity contribution in [3.63, 3.8) is 0 Å². The van der Waals surface area contributed by atoms with Gasteiger partial charge in [0, 0.05) is 44.4 Å². The van der Waals surface area contributed by atoms with E-state index in [0.717, 1.165) is 30.2 Å². The van der Waals surface area contributed by atoms with Crippen LogP contribution in [0.4, 0.5) is 4.39 Å². The van der Waals surface area contributed by atoms with Gasteiger partial charge in [0.05, 0.1) is 11.4 Å². The average molecular weight is 397 g/mol. The van der Waals surface area contributed by atoms with Crippen LogP contribution >= 0.6 is 0 Å². The molecule has 1 aromatic carbocycles. The smallest absolute Gasteiger partial charge is 0.224 e.